The highest BCUT2D eigenvalue weighted by atomic mass is 16.5. The summed E-state index contributed by atoms with van der Waals surface area (Å²) in [6, 6.07) is 12.1. The quantitative estimate of drug-likeness (QED) is 0.410. The van der Waals surface area contributed by atoms with Gasteiger partial charge in [-0.15, -0.1) is 0 Å². The average molecular weight is 511 g/mol. The van der Waals surface area contributed by atoms with Crippen LogP contribution in [0.15, 0.2) is 42.5 Å². The Kier molecular flexibility index (Phi) is 7.52. The first-order valence-electron chi connectivity index (χ1n) is 11.4. The van der Waals surface area contributed by atoms with Crippen molar-refractivity contribution in [3.05, 3.63) is 59.2 Å². The molecule has 2 atom stereocenters. The second kappa shape index (κ2) is 10.8. The Morgan fingerprint density at radius 3 is 1.59 bits per heavy atom. The lowest BCUT2D eigenvalue weighted by Crippen LogP contribution is -2.31. The zero-order chi connectivity index (χ0) is 26.7. The molecule has 1 unspecified atom stereocenters. The van der Waals surface area contributed by atoms with Crippen LogP contribution in [0.5, 0.6) is 46.0 Å². The second-order valence-electron chi connectivity index (χ2n) is 8.13. The zero-order valence-corrected chi connectivity index (χ0v) is 21.9. The van der Waals surface area contributed by atoms with E-state index in [1.165, 1.54) is 28.4 Å². The number of benzene rings is 3. The minimum atomic E-state index is -0.981. The van der Waals surface area contributed by atoms with Crippen molar-refractivity contribution in [1.82, 2.24) is 0 Å². The number of fused-ring (bicyclic) bond motifs is 1. The van der Waals surface area contributed by atoms with E-state index in [1.807, 2.05) is 0 Å². The fraction of sp³-hybridized carbons (Fsp3) is 0.321. The van der Waals surface area contributed by atoms with Crippen molar-refractivity contribution in [3.63, 3.8) is 0 Å². The Morgan fingerprint density at radius 2 is 1.08 bits per heavy atom. The lowest BCUT2D eigenvalue weighted by molar-refractivity contribution is -0.128. The molecular formula is C28H30O9. The first-order chi connectivity index (χ1) is 17.9. The second-order valence-corrected chi connectivity index (χ2v) is 8.13. The number of ketones is 1. The zero-order valence-electron chi connectivity index (χ0n) is 21.9. The molecule has 1 aliphatic rings. The van der Waals surface area contributed by atoms with Crippen molar-refractivity contribution in [3.8, 4) is 46.0 Å². The molecule has 1 aliphatic heterocycles. The predicted octanol–water partition coefficient (Wildman–Crippen LogP) is 4.58. The summed E-state index contributed by atoms with van der Waals surface area (Å²) >= 11 is 0. The van der Waals surface area contributed by atoms with Crippen molar-refractivity contribution < 1.29 is 42.7 Å². The van der Waals surface area contributed by atoms with Crippen LogP contribution in [-0.2, 0) is 4.79 Å². The number of rotatable bonds is 9. The minimum Gasteiger partial charge on any atom is -0.496 e. The Balaban J connectivity index is 2.00. The van der Waals surface area contributed by atoms with E-state index in [2.05, 4.69) is 0 Å². The predicted molar refractivity (Wildman–Crippen MR) is 135 cm³/mol. The lowest BCUT2D eigenvalue weighted by Gasteiger charge is -2.34. The molecule has 0 aromatic heterocycles. The number of carbonyl (C=O) groups is 1. The Hall–Kier alpha value is -4.27. The molecule has 9 nitrogen and oxygen atoms in total. The van der Waals surface area contributed by atoms with E-state index >= 15 is 0 Å². The summed E-state index contributed by atoms with van der Waals surface area (Å²) in [5.41, 5.74) is 1.65. The van der Waals surface area contributed by atoms with E-state index in [-0.39, 0.29) is 5.78 Å². The van der Waals surface area contributed by atoms with Crippen LogP contribution in [0.2, 0.25) is 0 Å². The van der Waals surface area contributed by atoms with Crippen molar-refractivity contribution in [2.24, 2.45) is 0 Å². The summed E-state index contributed by atoms with van der Waals surface area (Å²) in [7, 11) is 10.8. The molecule has 0 amide bonds. The molecule has 0 bridgehead atoms. The molecule has 0 saturated carbocycles. The fourth-order valence-corrected chi connectivity index (χ4v) is 4.58. The van der Waals surface area contributed by atoms with Crippen LogP contribution in [0, 0.1) is 0 Å². The van der Waals surface area contributed by atoms with Crippen LogP contribution in [0.25, 0.3) is 0 Å². The van der Waals surface area contributed by atoms with Gasteiger partial charge in [-0.05, 0) is 12.1 Å². The van der Waals surface area contributed by atoms with E-state index in [9.17, 15) is 4.79 Å². The van der Waals surface area contributed by atoms with Gasteiger partial charge in [0, 0.05) is 29.8 Å². The van der Waals surface area contributed by atoms with Crippen LogP contribution in [0.1, 0.15) is 28.7 Å². The van der Waals surface area contributed by atoms with E-state index in [4.69, 9.17) is 37.9 Å². The van der Waals surface area contributed by atoms with Gasteiger partial charge in [-0.25, -0.2) is 0 Å². The normalized spacial score (nSPS) is 16.2. The van der Waals surface area contributed by atoms with Gasteiger partial charge in [0.2, 0.25) is 0 Å². The molecule has 196 valence electrons. The van der Waals surface area contributed by atoms with Crippen molar-refractivity contribution >= 4 is 5.78 Å². The molecule has 1 heterocycles. The van der Waals surface area contributed by atoms with E-state index in [0.717, 1.165) is 0 Å². The molecular weight excluding hydrogens is 480 g/mol. The van der Waals surface area contributed by atoms with Gasteiger partial charge in [-0.3, -0.25) is 4.79 Å². The van der Waals surface area contributed by atoms with Gasteiger partial charge >= 0.3 is 0 Å². The van der Waals surface area contributed by atoms with E-state index in [0.29, 0.717) is 62.7 Å². The SMILES string of the molecule is COc1cc(OC)c(C2C(=O)[C@@H](c3ccc(OC)c(OC)c3)Oc3cc(OC)cc(OC)c32)c(OC)c1. The maximum absolute atomic E-state index is 14.3. The monoisotopic (exact) mass is 510 g/mol. The number of carbonyl (C=O) groups excluding carboxylic acids is 1. The van der Waals surface area contributed by atoms with Crippen LogP contribution in [0.4, 0.5) is 0 Å². The smallest absolute Gasteiger partial charge is 0.190 e. The first kappa shape index (κ1) is 25.8. The molecule has 0 saturated heterocycles. The number of methoxy groups -OCH3 is 7. The number of hydrogen-bond acceptors (Lipinski definition) is 9. The summed E-state index contributed by atoms with van der Waals surface area (Å²) in [6.45, 7) is 0. The first-order valence-corrected chi connectivity index (χ1v) is 11.4. The molecule has 3 aromatic rings. The third kappa shape index (κ3) is 4.52. The Morgan fingerprint density at radius 1 is 0.568 bits per heavy atom. The van der Waals surface area contributed by atoms with Crippen LogP contribution in [0.3, 0.4) is 0 Å². The Bertz CT molecular complexity index is 1280. The topological polar surface area (TPSA) is 90.9 Å². The highest BCUT2D eigenvalue weighted by molar-refractivity contribution is 5.98. The molecule has 0 aliphatic carbocycles. The fourth-order valence-electron chi connectivity index (χ4n) is 4.58. The third-order valence-electron chi connectivity index (χ3n) is 6.36. The summed E-state index contributed by atoms with van der Waals surface area (Å²) < 4.78 is 45.2. The largest absolute Gasteiger partial charge is 0.496 e. The van der Waals surface area contributed by atoms with Gasteiger partial charge in [0.15, 0.2) is 23.4 Å². The van der Waals surface area contributed by atoms with Gasteiger partial charge in [-0.1, -0.05) is 6.07 Å². The molecule has 0 fully saturated rings. The van der Waals surface area contributed by atoms with Crippen molar-refractivity contribution in [2.45, 2.75) is 12.0 Å². The van der Waals surface area contributed by atoms with Crippen LogP contribution in [-0.4, -0.2) is 55.6 Å². The number of Topliss-reactive ketones (excluding diaryl/α,β-unsaturated/α-hetero) is 1. The maximum atomic E-state index is 14.3. The highest BCUT2D eigenvalue weighted by Gasteiger charge is 2.44. The summed E-state index contributed by atoms with van der Waals surface area (Å²) in [5.74, 6) is 2.65. The van der Waals surface area contributed by atoms with Crippen LogP contribution < -0.4 is 37.9 Å². The van der Waals surface area contributed by atoms with E-state index < -0.39 is 12.0 Å². The molecule has 0 N–H and O–H groups in total. The summed E-state index contributed by atoms with van der Waals surface area (Å²) in [4.78, 5) is 14.3. The Labute approximate surface area is 215 Å². The average Bonchev–Trinajstić information content (AvgIpc) is 2.95. The summed E-state index contributed by atoms with van der Waals surface area (Å²) in [6.07, 6.45) is -0.981. The molecule has 0 radical (unpaired) electrons. The van der Waals surface area contributed by atoms with Crippen molar-refractivity contribution in [2.75, 3.05) is 49.8 Å². The van der Waals surface area contributed by atoms with Crippen molar-refractivity contribution in [1.29, 1.82) is 0 Å². The molecule has 3 aromatic carbocycles. The standard InChI is InChI=1S/C28H30O9/c1-30-16-11-20(34-5)24(21(12-16)35-6)26-25-22(36-7)13-17(31-2)14-23(25)37-28(27(26)29)15-8-9-18(32-3)19(10-15)33-4/h8-14,26,28H,1-7H3/t26?,28-/m1/s1. The minimum absolute atomic E-state index is 0.245. The molecule has 37 heavy (non-hydrogen) atoms. The van der Waals surface area contributed by atoms with Gasteiger partial charge in [0.1, 0.15) is 34.5 Å². The van der Waals surface area contributed by atoms with Gasteiger partial charge in [0.05, 0.1) is 66.8 Å². The third-order valence-corrected chi connectivity index (χ3v) is 6.36. The summed E-state index contributed by atoms with van der Waals surface area (Å²) in [5, 5.41) is 0. The van der Waals surface area contributed by atoms with Gasteiger partial charge in [0.25, 0.3) is 0 Å². The lowest BCUT2D eigenvalue weighted by atomic mass is 9.80. The van der Waals surface area contributed by atoms with Gasteiger partial charge in [-0.2, -0.15) is 0 Å². The number of ether oxygens (including phenoxy) is 8. The van der Waals surface area contributed by atoms with Gasteiger partial charge < -0.3 is 37.9 Å². The highest BCUT2D eigenvalue weighted by Crippen LogP contribution is 2.53. The van der Waals surface area contributed by atoms with E-state index in [1.54, 1.807) is 63.8 Å². The molecule has 9 heteroatoms. The maximum Gasteiger partial charge on any atom is 0.190 e. The molecule has 4 rings (SSSR count). The van der Waals surface area contributed by atoms with Crippen LogP contribution >= 0.6 is 0 Å². The molecule has 0 spiro atoms. The number of hydrogen-bond donors (Lipinski definition) is 0.